The van der Waals surface area contributed by atoms with Gasteiger partial charge in [0.1, 0.15) is 18.0 Å². The molecule has 0 saturated carbocycles. The molecule has 0 spiro atoms. The Balaban J connectivity index is 1.85. The predicted molar refractivity (Wildman–Crippen MR) is 124 cm³/mol. The van der Waals surface area contributed by atoms with E-state index in [9.17, 15) is 18.8 Å². The van der Waals surface area contributed by atoms with Crippen LogP contribution in [-0.4, -0.2) is 49.2 Å². The molecule has 1 atom stereocenters. The highest BCUT2D eigenvalue weighted by molar-refractivity contribution is 7.99. The van der Waals surface area contributed by atoms with Gasteiger partial charge in [0.25, 0.3) is 5.56 Å². The number of carbonyl (C=O) groups excluding carboxylic acids is 1. The van der Waals surface area contributed by atoms with E-state index in [1.807, 2.05) is 6.92 Å². The number of methoxy groups -OCH3 is 1. The van der Waals surface area contributed by atoms with Crippen LogP contribution in [0.2, 0.25) is 0 Å². The van der Waals surface area contributed by atoms with Gasteiger partial charge in [0, 0.05) is 21.2 Å². The van der Waals surface area contributed by atoms with Crippen molar-refractivity contribution in [3.63, 3.8) is 0 Å². The smallest absolute Gasteiger partial charge is 0.332 e. The van der Waals surface area contributed by atoms with E-state index in [1.165, 1.54) is 26.2 Å². The van der Waals surface area contributed by atoms with Crippen molar-refractivity contribution in [2.24, 2.45) is 14.1 Å². The lowest BCUT2D eigenvalue weighted by molar-refractivity contribution is 0.102. The summed E-state index contributed by atoms with van der Waals surface area (Å²) in [6.07, 6.45) is 0. The maximum Gasteiger partial charge on any atom is 0.332 e. The Morgan fingerprint density at radius 3 is 2.59 bits per heavy atom. The second-order valence-corrected chi connectivity index (χ2v) is 8.41. The number of aromatic nitrogens is 5. The van der Waals surface area contributed by atoms with Crippen molar-refractivity contribution in [2.75, 3.05) is 25.2 Å². The molecule has 1 aromatic carbocycles. The Morgan fingerprint density at radius 1 is 1.21 bits per heavy atom. The number of ketones is 1. The van der Waals surface area contributed by atoms with E-state index < -0.39 is 22.8 Å². The lowest BCUT2D eigenvalue weighted by Crippen LogP contribution is -2.41. The molecule has 0 saturated heterocycles. The summed E-state index contributed by atoms with van der Waals surface area (Å²) in [5, 5.41) is 8.65. The molecule has 3 rings (SSSR count). The van der Waals surface area contributed by atoms with Gasteiger partial charge in [-0.1, -0.05) is 23.9 Å². The molecule has 0 unspecified atom stereocenters. The van der Waals surface area contributed by atoms with E-state index in [-0.39, 0.29) is 35.5 Å². The number of benzene rings is 1. The van der Waals surface area contributed by atoms with Gasteiger partial charge in [0.2, 0.25) is 0 Å². The minimum absolute atomic E-state index is 0.0647. The zero-order valence-electron chi connectivity index (χ0n) is 19.1. The summed E-state index contributed by atoms with van der Waals surface area (Å²) >= 11 is 1.05. The number of rotatable bonds is 10. The molecule has 182 valence electrons. The van der Waals surface area contributed by atoms with Crippen molar-refractivity contribution in [3.8, 4) is 5.75 Å². The van der Waals surface area contributed by atoms with Crippen molar-refractivity contribution in [1.29, 1.82) is 0 Å². The molecule has 0 bridgehead atoms. The van der Waals surface area contributed by atoms with Crippen LogP contribution in [0.3, 0.4) is 0 Å². The molecule has 0 aliphatic rings. The number of thioether (sulfide) groups is 1. The van der Waals surface area contributed by atoms with Gasteiger partial charge in [-0.3, -0.25) is 23.3 Å². The Morgan fingerprint density at radius 2 is 1.91 bits per heavy atom. The number of para-hydroxylation sites is 1. The highest BCUT2D eigenvalue weighted by Gasteiger charge is 2.23. The van der Waals surface area contributed by atoms with Gasteiger partial charge in [0.15, 0.2) is 28.3 Å². The number of nitrogens with two attached hydrogens (primary N) is 1. The molecule has 0 amide bonds. The Hall–Kier alpha value is -3.45. The van der Waals surface area contributed by atoms with Crippen LogP contribution in [0.15, 0.2) is 39.0 Å². The first-order chi connectivity index (χ1) is 16.2. The Labute approximate surface area is 198 Å². The first-order valence-electron chi connectivity index (χ1n) is 10.2. The maximum atomic E-state index is 13.9. The lowest BCUT2D eigenvalue weighted by atomic mass is 10.2. The largest absolute Gasteiger partial charge is 0.483 e. The zero-order valence-corrected chi connectivity index (χ0v) is 20.0. The SMILES string of the molecule is COC[C@H](C)n1c(COc2ccccc2F)nnc1SCC(=O)c1c(N)n(C)c(=O)n(C)c1=O. The van der Waals surface area contributed by atoms with Gasteiger partial charge in [-0.05, 0) is 19.1 Å². The van der Waals surface area contributed by atoms with Crippen molar-refractivity contribution < 1.29 is 18.7 Å². The topological polar surface area (TPSA) is 136 Å². The molecule has 34 heavy (non-hydrogen) atoms. The summed E-state index contributed by atoms with van der Waals surface area (Å²) in [5.74, 6) is -0.968. The Kier molecular flexibility index (Phi) is 7.89. The van der Waals surface area contributed by atoms with E-state index in [0.717, 1.165) is 20.9 Å². The standard InChI is InChI=1S/C21H25FN6O5S/c1-12(9-32-4)28-16(10-33-15-8-6-5-7-13(15)22)24-25-20(28)34-11-14(29)17-18(23)26(2)21(31)27(3)19(17)30/h5-8,12H,9-11,23H2,1-4H3/t12-/m0/s1. The summed E-state index contributed by atoms with van der Waals surface area (Å²) in [7, 11) is 4.20. The minimum atomic E-state index is -0.764. The molecule has 0 radical (unpaired) electrons. The van der Waals surface area contributed by atoms with Gasteiger partial charge in [-0.15, -0.1) is 10.2 Å². The first-order valence-corrected chi connectivity index (χ1v) is 11.2. The monoisotopic (exact) mass is 492 g/mol. The Bertz CT molecular complexity index is 1320. The van der Waals surface area contributed by atoms with Crippen LogP contribution in [0.1, 0.15) is 29.1 Å². The first kappa shape index (κ1) is 25.2. The van der Waals surface area contributed by atoms with Crippen LogP contribution in [0.4, 0.5) is 10.2 Å². The summed E-state index contributed by atoms with van der Waals surface area (Å²) in [5.41, 5.74) is 4.22. The molecule has 0 fully saturated rings. The van der Waals surface area contributed by atoms with Gasteiger partial charge in [-0.25, -0.2) is 9.18 Å². The molecule has 2 heterocycles. The van der Waals surface area contributed by atoms with Gasteiger partial charge in [0.05, 0.1) is 18.4 Å². The second kappa shape index (κ2) is 10.7. The quantitative estimate of drug-likeness (QED) is 0.326. The molecule has 3 aromatic rings. The number of hydrogen-bond acceptors (Lipinski definition) is 9. The van der Waals surface area contributed by atoms with E-state index in [1.54, 1.807) is 23.8 Å². The van der Waals surface area contributed by atoms with Crippen LogP contribution in [0.25, 0.3) is 0 Å². The van der Waals surface area contributed by atoms with E-state index >= 15 is 0 Å². The summed E-state index contributed by atoms with van der Waals surface area (Å²) in [4.78, 5) is 37.3. The number of nitrogen functional groups attached to an aromatic ring is 1. The van der Waals surface area contributed by atoms with E-state index in [4.69, 9.17) is 15.2 Å². The van der Waals surface area contributed by atoms with Crippen molar-refractivity contribution in [3.05, 3.63) is 62.3 Å². The fourth-order valence-electron chi connectivity index (χ4n) is 3.29. The van der Waals surface area contributed by atoms with E-state index in [0.29, 0.717) is 17.6 Å². The van der Waals surface area contributed by atoms with Crippen molar-refractivity contribution in [2.45, 2.75) is 24.7 Å². The van der Waals surface area contributed by atoms with Gasteiger partial charge in [-0.2, -0.15) is 0 Å². The van der Waals surface area contributed by atoms with Gasteiger partial charge < -0.3 is 15.2 Å². The fraction of sp³-hybridized carbons (Fsp3) is 0.381. The highest BCUT2D eigenvalue weighted by atomic mass is 32.2. The third kappa shape index (κ3) is 5.04. The third-order valence-electron chi connectivity index (χ3n) is 5.10. The number of anilines is 1. The summed E-state index contributed by atoms with van der Waals surface area (Å²) in [6.45, 7) is 2.12. The van der Waals surface area contributed by atoms with Crippen molar-refractivity contribution >= 4 is 23.4 Å². The summed E-state index contributed by atoms with van der Waals surface area (Å²) < 4.78 is 28.3. The maximum absolute atomic E-state index is 13.9. The molecule has 0 aliphatic carbocycles. The molecule has 2 aromatic heterocycles. The second-order valence-electron chi connectivity index (χ2n) is 7.47. The predicted octanol–water partition coefficient (Wildman–Crippen LogP) is 1.16. The average Bonchev–Trinajstić information content (AvgIpc) is 3.23. The average molecular weight is 493 g/mol. The fourth-order valence-corrected chi connectivity index (χ4v) is 4.22. The molecule has 2 N–H and O–H groups in total. The summed E-state index contributed by atoms with van der Waals surface area (Å²) in [6, 6.07) is 5.77. The van der Waals surface area contributed by atoms with Crippen LogP contribution >= 0.6 is 11.8 Å². The number of hydrogen-bond donors (Lipinski definition) is 1. The van der Waals surface area contributed by atoms with Gasteiger partial charge >= 0.3 is 5.69 Å². The minimum Gasteiger partial charge on any atom is -0.483 e. The normalized spacial score (nSPS) is 12.0. The zero-order chi connectivity index (χ0) is 25.0. The molecule has 13 heteroatoms. The third-order valence-corrected chi connectivity index (χ3v) is 6.04. The number of halogens is 1. The molecule has 11 nitrogen and oxygen atoms in total. The highest BCUT2D eigenvalue weighted by Crippen LogP contribution is 2.25. The molecular weight excluding hydrogens is 467 g/mol. The van der Waals surface area contributed by atoms with Crippen LogP contribution < -0.4 is 21.7 Å². The van der Waals surface area contributed by atoms with Crippen LogP contribution in [0, 0.1) is 5.82 Å². The van der Waals surface area contributed by atoms with Crippen molar-refractivity contribution in [1.82, 2.24) is 23.9 Å². The number of carbonyl (C=O) groups is 1. The number of Topliss-reactive ketones (excluding diaryl/α,β-unsaturated/α-hetero) is 1. The lowest BCUT2D eigenvalue weighted by Gasteiger charge is -2.17. The molecule has 0 aliphatic heterocycles. The van der Waals surface area contributed by atoms with E-state index in [2.05, 4.69) is 10.2 Å². The number of nitrogens with zero attached hydrogens (tertiary/aromatic N) is 5. The number of ether oxygens (including phenoxy) is 2. The van der Waals surface area contributed by atoms with Crippen LogP contribution in [-0.2, 0) is 25.4 Å². The molecular formula is C21H25FN6O5S. The van der Waals surface area contributed by atoms with Crippen LogP contribution in [0.5, 0.6) is 5.75 Å².